The van der Waals surface area contributed by atoms with Gasteiger partial charge in [0.05, 0.1) is 0 Å². The zero-order valence-corrected chi connectivity index (χ0v) is 13.1. The molecule has 3 rings (SSSR count). The van der Waals surface area contributed by atoms with Crippen LogP contribution in [0.2, 0.25) is 5.02 Å². The van der Waals surface area contributed by atoms with E-state index in [1.165, 1.54) is 4.88 Å². The second-order valence-electron chi connectivity index (χ2n) is 5.01. The van der Waals surface area contributed by atoms with Gasteiger partial charge in [-0.1, -0.05) is 17.7 Å². The molecule has 0 spiro atoms. The van der Waals surface area contributed by atoms with Gasteiger partial charge in [0, 0.05) is 48.8 Å². The predicted molar refractivity (Wildman–Crippen MR) is 84.7 cm³/mol. The summed E-state index contributed by atoms with van der Waals surface area (Å²) in [5.41, 5.74) is 0.425. The van der Waals surface area contributed by atoms with Gasteiger partial charge in [-0.25, -0.2) is 0 Å². The fourth-order valence-electron chi connectivity index (χ4n) is 2.42. The molecule has 21 heavy (non-hydrogen) atoms. The highest BCUT2D eigenvalue weighted by molar-refractivity contribution is 7.09. The van der Waals surface area contributed by atoms with E-state index >= 15 is 0 Å². The standard InChI is InChI=1S/C15H16ClN3OS/c16-12-3-4-17-14(10-12)15(20)19-7-5-18(6-8-19)11-13-2-1-9-21-13/h1-4,9-10H,5-8,11H2. The summed E-state index contributed by atoms with van der Waals surface area (Å²) in [5.74, 6) is -0.0340. The third-order valence-electron chi connectivity index (χ3n) is 3.56. The van der Waals surface area contributed by atoms with E-state index in [0.717, 1.165) is 32.7 Å². The highest BCUT2D eigenvalue weighted by Gasteiger charge is 2.23. The number of aromatic nitrogens is 1. The highest BCUT2D eigenvalue weighted by Crippen LogP contribution is 2.15. The monoisotopic (exact) mass is 321 g/mol. The van der Waals surface area contributed by atoms with E-state index in [-0.39, 0.29) is 5.91 Å². The summed E-state index contributed by atoms with van der Waals surface area (Å²) in [4.78, 5) is 22.1. The third-order valence-corrected chi connectivity index (χ3v) is 4.66. The van der Waals surface area contributed by atoms with Gasteiger partial charge in [-0.3, -0.25) is 14.7 Å². The molecule has 110 valence electrons. The van der Waals surface area contributed by atoms with Crippen molar-refractivity contribution in [3.05, 3.63) is 51.4 Å². The van der Waals surface area contributed by atoms with E-state index in [9.17, 15) is 4.79 Å². The largest absolute Gasteiger partial charge is 0.335 e. The van der Waals surface area contributed by atoms with Gasteiger partial charge >= 0.3 is 0 Å². The summed E-state index contributed by atoms with van der Waals surface area (Å²) >= 11 is 7.69. The van der Waals surface area contributed by atoms with E-state index in [0.29, 0.717) is 10.7 Å². The molecule has 0 saturated carbocycles. The summed E-state index contributed by atoms with van der Waals surface area (Å²) in [5, 5.41) is 2.64. The van der Waals surface area contributed by atoms with Gasteiger partial charge in [0.15, 0.2) is 0 Å². The van der Waals surface area contributed by atoms with Gasteiger partial charge < -0.3 is 4.90 Å². The Morgan fingerprint density at radius 1 is 1.29 bits per heavy atom. The number of rotatable bonds is 3. The maximum atomic E-state index is 12.4. The number of carbonyl (C=O) groups is 1. The van der Waals surface area contributed by atoms with Crippen LogP contribution in [0.1, 0.15) is 15.4 Å². The Labute approximate surface area is 133 Å². The summed E-state index contributed by atoms with van der Waals surface area (Å²) < 4.78 is 0. The van der Waals surface area contributed by atoms with Gasteiger partial charge in [0.2, 0.25) is 0 Å². The highest BCUT2D eigenvalue weighted by atomic mass is 35.5. The Balaban J connectivity index is 1.57. The lowest BCUT2D eigenvalue weighted by atomic mass is 10.2. The summed E-state index contributed by atoms with van der Waals surface area (Å²) in [7, 11) is 0. The Morgan fingerprint density at radius 3 is 2.76 bits per heavy atom. The minimum atomic E-state index is -0.0340. The lowest BCUT2D eigenvalue weighted by Gasteiger charge is -2.34. The van der Waals surface area contributed by atoms with E-state index < -0.39 is 0 Å². The first-order chi connectivity index (χ1) is 10.2. The first-order valence-electron chi connectivity index (χ1n) is 6.88. The van der Waals surface area contributed by atoms with E-state index in [4.69, 9.17) is 11.6 Å². The van der Waals surface area contributed by atoms with Crippen molar-refractivity contribution in [3.8, 4) is 0 Å². The van der Waals surface area contributed by atoms with Crippen LogP contribution in [0.4, 0.5) is 0 Å². The second-order valence-corrected chi connectivity index (χ2v) is 6.48. The number of nitrogens with zero attached hydrogens (tertiary/aromatic N) is 3. The molecule has 0 unspecified atom stereocenters. The average molecular weight is 322 g/mol. The lowest BCUT2D eigenvalue weighted by Crippen LogP contribution is -2.48. The fraction of sp³-hybridized carbons (Fsp3) is 0.333. The first kappa shape index (κ1) is 14.5. The van der Waals surface area contributed by atoms with Crippen molar-refractivity contribution in [2.24, 2.45) is 0 Å². The Kier molecular flexibility index (Phi) is 4.53. The van der Waals surface area contributed by atoms with E-state index in [1.54, 1.807) is 29.7 Å². The zero-order chi connectivity index (χ0) is 14.7. The van der Waals surface area contributed by atoms with Crippen LogP contribution in [0, 0.1) is 0 Å². The normalized spacial score (nSPS) is 16.1. The number of piperazine rings is 1. The molecule has 0 atom stereocenters. The van der Waals surface area contributed by atoms with Gasteiger partial charge in [0.25, 0.3) is 5.91 Å². The Bertz CT molecular complexity index is 609. The van der Waals surface area contributed by atoms with E-state index in [2.05, 4.69) is 27.4 Å². The number of thiophene rings is 1. The fourth-order valence-corrected chi connectivity index (χ4v) is 3.32. The molecule has 0 aromatic carbocycles. The molecule has 4 nitrogen and oxygen atoms in total. The van der Waals surface area contributed by atoms with Crippen molar-refractivity contribution >= 4 is 28.8 Å². The van der Waals surface area contributed by atoms with Gasteiger partial charge in [0.1, 0.15) is 5.69 Å². The minimum absolute atomic E-state index is 0.0340. The maximum absolute atomic E-state index is 12.4. The predicted octanol–water partition coefficient (Wildman–Crippen LogP) is 2.75. The van der Waals surface area contributed by atoms with Crippen LogP contribution < -0.4 is 0 Å². The van der Waals surface area contributed by atoms with Crippen molar-refractivity contribution in [2.45, 2.75) is 6.54 Å². The van der Waals surface area contributed by atoms with Crippen molar-refractivity contribution in [3.63, 3.8) is 0 Å². The second kappa shape index (κ2) is 6.56. The smallest absolute Gasteiger partial charge is 0.272 e. The number of carbonyl (C=O) groups excluding carboxylic acids is 1. The van der Waals surface area contributed by atoms with Crippen LogP contribution in [0.5, 0.6) is 0 Å². The van der Waals surface area contributed by atoms with Gasteiger partial charge in [-0.05, 0) is 23.6 Å². The number of hydrogen-bond acceptors (Lipinski definition) is 4. The number of pyridine rings is 1. The molecule has 1 saturated heterocycles. The number of halogens is 1. The molecule has 0 N–H and O–H groups in total. The Hall–Kier alpha value is -1.43. The molecular formula is C15H16ClN3OS. The SMILES string of the molecule is O=C(c1cc(Cl)ccn1)N1CCN(Cc2cccs2)CC1. The summed E-state index contributed by atoms with van der Waals surface area (Å²) in [6.45, 7) is 4.22. The lowest BCUT2D eigenvalue weighted by molar-refractivity contribution is 0.0624. The zero-order valence-electron chi connectivity index (χ0n) is 11.5. The van der Waals surface area contributed by atoms with Crippen molar-refractivity contribution in [2.75, 3.05) is 26.2 Å². The third kappa shape index (κ3) is 3.61. The molecular weight excluding hydrogens is 306 g/mol. The summed E-state index contributed by atoms with van der Waals surface area (Å²) in [6.07, 6.45) is 1.57. The molecule has 0 bridgehead atoms. The van der Waals surface area contributed by atoms with Crippen molar-refractivity contribution in [1.29, 1.82) is 0 Å². The summed E-state index contributed by atoms with van der Waals surface area (Å²) in [6, 6.07) is 7.53. The molecule has 6 heteroatoms. The molecule has 2 aromatic rings. The molecule has 0 aliphatic carbocycles. The molecule has 0 radical (unpaired) electrons. The quantitative estimate of drug-likeness (QED) is 0.872. The average Bonchev–Trinajstić information content (AvgIpc) is 3.00. The van der Waals surface area contributed by atoms with Crippen LogP contribution in [-0.2, 0) is 6.54 Å². The number of hydrogen-bond donors (Lipinski definition) is 0. The maximum Gasteiger partial charge on any atom is 0.272 e. The first-order valence-corrected chi connectivity index (χ1v) is 8.14. The molecule has 1 fully saturated rings. The molecule has 2 aromatic heterocycles. The van der Waals surface area contributed by atoms with Crippen LogP contribution in [0.3, 0.4) is 0 Å². The Morgan fingerprint density at radius 2 is 2.10 bits per heavy atom. The molecule has 1 aliphatic heterocycles. The van der Waals surface area contributed by atoms with Crippen LogP contribution in [0.25, 0.3) is 0 Å². The minimum Gasteiger partial charge on any atom is -0.335 e. The molecule has 3 heterocycles. The molecule has 1 aliphatic rings. The van der Waals surface area contributed by atoms with Gasteiger partial charge in [-0.2, -0.15) is 0 Å². The van der Waals surface area contributed by atoms with Crippen molar-refractivity contribution in [1.82, 2.24) is 14.8 Å². The number of amides is 1. The van der Waals surface area contributed by atoms with Crippen LogP contribution in [-0.4, -0.2) is 46.9 Å². The molecule has 1 amide bonds. The van der Waals surface area contributed by atoms with Crippen LogP contribution >= 0.6 is 22.9 Å². The van der Waals surface area contributed by atoms with Gasteiger partial charge in [-0.15, -0.1) is 11.3 Å². The van der Waals surface area contributed by atoms with E-state index in [1.807, 2.05) is 4.90 Å². The van der Waals surface area contributed by atoms with Crippen LogP contribution in [0.15, 0.2) is 35.8 Å². The topological polar surface area (TPSA) is 36.4 Å². The van der Waals surface area contributed by atoms with Crippen molar-refractivity contribution < 1.29 is 4.79 Å².